The molecule has 1 nitrogen and oxygen atoms in total. The summed E-state index contributed by atoms with van der Waals surface area (Å²) in [6.07, 6.45) is 5.00. The number of aryl methyl sites for hydroxylation is 1. The topological polar surface area (TPSA) is 13.1 Å². The van der Waals surface area contributed by atoms with Crippen LogP contribution in [0.25, 0.3) is 22.8 Å². The molecule has 4 rings (SSSR count). The first kappa shape index (κ1) is 12.2. The highest BCUT2D eigenvalue weighted by molar-refractivity contribution is 5.93. The lowest BCUT2D eigenvalue weighted by Crippen LogP contribution is -1.87. The van der Waals surface area contributed by atoms with Gasteiger partial charge in [0.15, 0.2) is 0 Å². The lowest BCUT2D eigenvalue weighted by molar-refractivity contribution is 0.550. The van der Waals surface area contributed by atoms with Crippen molar-refractivity contribution in [3.63, 3.8) is 0 Å². The number of allylic oxidation sites excluding steroid dienone is 1. The van der Waals surface area contributed by atoms with E-state index >= 15 is 0 Å². The number of hydrogen-bond donors (Lipinski definition) is 0. The fourth-order valence-corrected chi connectivity index (χ4v) is 3.09. The minimum atomic E-state index is 0.949. The minimum Gasteiger partial charge on any atom is -0.464 e. The van der Waals surface area contributed by atoms with Crippen LogP contribution in [0.3, 0.4) is 0 Å². The summed E-state index contributed by atoms with van der Waals surface area (Å²) >= 11 is 0. The molecular weight excluding hydrogens is 256 g/mol. The van der Waals surface area contributed by atoms with E-state index < -0.39 is 0 Å². The number of furan rings is 1. The van der Waals surface area contributed by atoms with E-state index in [1.165, 1.54) is 33.4 Å². The Labute approximate surface area is 124 Å². The molecule has 0 unspecified atom stereocenters. The molecule has 0 bridgehead atoms. The molecule has 1 heteroatoms. The molecule has 0 amide bonds. The Morgan fingerprint density at radius 2 is 1.76 bits per heavy atom. The molecule has 1 aliphatic rings. The fourth-order valence-electron chi connectivity index (χ4n) is 3.09. The molecule has 1 heterocycles. The van der Waals surface area contributed by atoms with Crippen LogP contribution in [0.1, 0.15) is 22.5 Å². The molecule has 0 N–H and O–H groups in total. The molecule has 0 saturated heterocycles. The smallest absolute Gasteiger partial charge is 0.133 e. The van der Waals surface area contributed by atoms with Crippen molar-refractivity contribution < 1.29 is 4.42 Å². The third kappa shape index (κ3) is 2.02. The van der Waals surface area contributed by atoms with E-state index in [9.17, 15) is 0 Å². The van der Waals surface area contributed by atoms with Crippen LogP contribution in [0.15, 0.2) is 65.3 Å². The van der Waals surface area contributed by atoms with Gasteiger partial charge in [-0.25, -0.2) is 0 Å². The van der Waals surface area contributed by atoms with Crippen LogP contribution >= 0.6 is 0 Å². The zero-order valence-electron chi connectivity index (χ0n) is 12.0. The lowest BCUT2D eigenvalue weighted by Gasteiger charge is -2.07. The Balaban J connectivity index is 1.84. The molecule has 1 aliphatic carbocycles. The highest BCUT2D eigenvalue weighted by Gasteiger charge is 2.20. The molecule has 0 fully saturated rings. The van der Waals surface area contributed by atoms with Gasteiger partial charge in [0.1, 0.15) is 5.76 Å². The van der Waals surface area contributed by atoms with Gasteiger partial charge in [-0.15, -0.1) is 0 Å². The fraction of sp³-hybridized carbons (Fsp3) is 0.100. The molecule has 2 aromatic carbocycles. The van der Waals surface area contributed by atoms with E-state index in [4.69, 9.17) is 4.42 Å². The molecule has 0 saturated carbocycles. The number of rotatable bonds is 2. The van der Waals surface area contributed by atoms with E-state index in [0.29, 0.717) is 0 Å². The first-order valence-corrected chi connectivity index (χ1v) is 7.25. The van der Waals surface area contributed by atoms with Crippen molar-refractivity contribution in [2.24, 2.45) is 0 Å². The Morgan fingerprint density at radius 1 is 0.905 bits per heavy atom. The molecule has 3 aromatic rings. The van der Waals surface area contributed by atoms with Gasteiger partial charge in [0.05, 0.1) is 6.26 Å². The summed E-state index contributed by atoms with van der Waals surface area (Å²) < 4.78 is 5.66. The van der Waals surface area contributed by atoms with Crippen LogP contribution in [0.2, 0.25) is 0 Å². The Kier molecular flexibility index (Phi) is 2.78. The second-order valence-corrected chi connectivity index (χ2v) is 5.52. The monoisotopic (exact) mass is 272 g/mol. The van der Waals surface area contributed by atoms with Crippen LogP contribution in [-0.4, -0.2) is 0 Å². The van der Waals surface area contributed by atoms with E-state index in [1.54, 1.807) is 6.26 Å². The molecule has 0 spiro atoms. The van der Waals surface area contributed by atoms with Gasteiger partial charge in [0, 0.05) is 12.0 Å². The van der Waals surface area contributed by atoms with Gasteiger partial charge in [-0.2, -0.15) is 0 Å². The first-order valence-electron chi connectivity index (χ1n) is 7.25. The molecule has 21 heavy (non-hydrogen) atoms. The van der Waals surface area contributed by atoms with Crippen molar-refractivity contribution in [2.75, 3.05) is 0 Å². The van der Waals surface area contributed by atoms with Gasteiger partial charge in [-0.05, 0) is 46.9 Å². The van der Waals surface area contributed by atoms with Crippen LogP contribution in [-0.2, 0) is 6.42 Å². The molecule has 0 atom stereocenters. The Morgan fingerprint density at radius 3 is 2.52 bits per heavy atom. The van der Waals surface area contributed by atoms with Crippen molar-refractivity contribution in [1.29, 1.82) is 0 Å². The summed E-state index contributed by atoms with van der Waals surface area (Å²) in [6, 6.07) is 19.1. The van der Waals surface area contributed by atoms with Crippen molar-refractivity contribution >= 4 is 11.6 Å². The van der Waals surface area contributed by atoms with E-state index in [-0.39, 0.29) is 0 Å². The predicted molar refractivity (Wildman–Crippen MR) is 86.9 cm³/mol. The number of fused-ring (bicyclic) bond motifs is 1. The zero-order chi connectivity index (χ0) is 14.2. The Hall–Kier alpha value is -2.54. The number of hydrogen-bond acceptors (Lipinski definition) is 1. The summed E-state index contributed by atoms with van der Waals surface area (Å²) in [5, 5.41) is 0. The largest absolute Gasteiger partial charge is 0.464 e. The molecule has 1 aromatic heterocycles. The average Bonchev–Trinajstić information content (AvgIpc) is 3.13. The molecular formula is C20H16O. The lowest BCUT2D eigenvalue weighted by atomic mass is 9.97. The maximum Gasteiger partial charge on any atom is 0.133 e. The average molecular weight is 272 g/mol. The SMILES string of the molecule is Cc1ccoc1C1=Cc2c(cccc2-c2ccccc2)C1. The summed E-state index contributed by atoms with van der Waals surface area (Å²) in [5.74, 6) is 1.02. The molecule has 0 aliphatic heterocycles. The van der Waals surface area contributed by atoms with Crippen LogP contribution < -0.4 is 0 Å². The van der Waals surface area contributed by atoms with Crippen LogP contribution in [0.4, 0.5) is 0 Å². The van der Waals surface area contributed by atoms with E-state index in [2.05, 4.69) is 61.5 Å². The zero-order valence-corrected chi connectivity index (χ0v) is 12.0. The van der Waals surface area contributed by atoms with E-state index in [1.807, 2.05) is 6.07 Å². The second-order valence-electron chi connectivity index (χ2n) is 5.52. The van der Waals surface area contributed by atoms with Gasteiger partial charge >= 0.3 is 0 Å². The Bertz CT molecular complexity index is 822. The van der Waals surface area contributed by atoms with Crippen LogP contribution in [0, 0.1) is 6.92 Å². The van der Waals surface area contributed by atoms with Gasteiger partial charge in [0.2, 0.25) is 0 Å². The maximum absolute atomic E-state index is 5.66. The maximum atomic E-state index is 5.66. The summed E-state index contributed by atoms with van der Waals surface area (Å²) in [6.45, 7) is 2.10. The van der Waals surface area contributed by atoms with Crippen molar-refractivity contribution in [2.45, 2.75) is 13.3 Å². The minimum absolute atomic E-state index is 0.949. The van der Waals surface area contributed by atoms with Crippen molar-refractivity contribution in [1.82, 2.24) is 0 Å². The summed E-state index contributed by atoms with van der Waals surface area (Å²) in [7, 11) is 0. The van der Waals surface area contributed by atoms with E-state index in [0.717, 1.165) is 12.2 Å². The highest BCUT2D eigenvalue weighted by atomic mass is 16.3. The number of benzene rings is 2. The second kappa shape index (κ2) is 4.78. The van der Waals surface area contributed by atoms with Gasteiger partial charge in [0.25, 0.3) is 0 Å². The predicted octanol–water partition coefficient (Wildman–Crippen LogP) is 5.35. The summed E-state index contributed by atoms with van der Waals surface area (Å²) in [4.78, 5) is 0. The normalized spacial score (nSPS) is 13.1. The summed E-state index contributed by atoms with van der Waals surface area (Å²) in [5.41, 5.74) is 7.75. The van der Waals surface area contributed by atoms with Gasteiger partial charge in [-0.1, -0.05) is 48.5 Å². The van der Waals surface area contributed by atoms with Crippen molar-refractivity contribution in [3.05, 3.63) is 83.3 Å². The molecule has 0 radical (unpaired) electrons. The van der Waals surface area contributed by atoms with Gasteiger partial charge < -0.3 is 4.42 Å². The third-order valence-corrected chi connectivity index (χ3v) is 4.13. The molecule has 102 valence electrons. The third-order valence-electron chi connectivity index (χ3n) is 4.13. The quantitative estimate of drug-likeness (QED) is 0.612. The highest BCUT2D eigenvalue weighted by Crippen LogP contribution is 2.38. The standard InChI is InChI=1S/C20H16O/c1-14-10-11-21-20(14)17-12-16-8-5-9-18(19(16)13-17)15-6-3-2-4-7-15/h2-11,13H,12H2,1H3. The van der Waals surface area contributed by atoms with Crippen LogP contribution in [0.5, 0.6) is 0 Å². The van der Waals surface area contributed by atoms with Gasteiger partial charge in [-0.3, -0.25) is 0 Å². The first-order chi connectivity index (χ1) is 10.3. The van der Waals surface area contributed by atoms with Crippen molar-refractivity contribution in [3.8, 4) is 11.1 Å².